The molecule has 1 aliphatic heterocycles. The minimum atomic E-state index is -0.137. The number of rotatable bonds is 3. The average Bonchev–Trinajstić information content (AvgIpc) is 3.13. The molecule has 0 spiro atoms. The van der Waals surface area contributed by atoms with Gasteiger partial charge in [0.2, 0.25) is 0 Å². The highest BCUT2D eigenvalue weighted by Crippen LogP contribution is 2.19. The van der Waals surface area contributed by atoms with Gasteiger partial charge in [-0.1, -0.05) is 17.7 Å². The lowest BCUT2D eigenvalue weighted by molar-refractivity contribution is 0.0775. The average molecular weight is 321 g/mol. The molecular formula is C15H17ClN4O2. The summed E-state index contributed by atoms with van der Waals surface area (Å²) in [6.07, 6.45) is 0.823. The summed E-state index contributed by atoms with van der Waals surface area (Å²) in [6.45, 7) is 3.09. The number of aliphatic hydroxyl groups excluding tert-OH is 1. The van der Waals surface area contributed by atoms with Crippen molar-refractivity contribution in [2.24, 2.45) is 5.92 Å². The van der Waals surface area contributed by atoms with Crippen molar-refractivity contribution in [2.45, 2.75) is 13.3 Å². The molecule has 1 aromatic heterocycles. The second-order valence-corrected chi connectivity index (χ2v) is 5.93. The monoisotopic (exact) mass is 320 g/mol. The van der Waals surface area contributed by atoms with E-state index < -0.39 is 0 Å². The Morgan fingerprint density at radius 1 is 1.45 bits per heavy atom. The van der Waals surface area contributed by atoms with E-state index in [1.165, 1.54) is 4.80 Å². The van der Waals surface area contributed by atoms with Crippen LogP contribution in [0, 0.1) is 12.8 Å². The fourth-order valence-corrected chi connectivity index (χ4v) is 2.79. The molecule has 1 amide bonds. The molecule has 1 aliphatic rings. The molecule has 2 aromatic rings. The third kappa shape index (κ3) is 2.84. The molecule has 7 heteroatoms. The SMILES string of the molecule is Cc1nn(-c2cccc(Cl)c2)nc1C(=O)N1CCC(CO)C1. The number of carbonyl (C=O) groups is 1. The summed E-state index contributed by atoms with van der Waals surface area (Å²) in [4.78, 5) is 15.7. The fourth-order valence-electron chi connectivity index (χ4n) is 2.61. The molecule has 1 atom stereocenters. The molecular weight excluding hydrogens is 304 g/mol. The highest BCUT2D eigenvalue weighted by atomic mass is 35.5. The number of nitrogens with zero attached hydrogens (tertiary/aromatic N) is 4. The van der Waals surface area contributed by atoms with Crippen molar-refractivity contribution in [1.82, 2.24) is 19.9 Å². The number of hydrogen-bond donors (Lipinski definition) is 1. The molecule has 116 valence electrons. The molecule has 3 rings (SSSR count). The van der Waals surface area contributed by atoms with Crippen molar-refractivity contribution >= 4 is 17.5 Å². The highest BCUT2D eigenvalue weighted by molar-refractivity contribution is 6.30. The van der Waals surface area contributed by atoms with E-state index in [0.717, 1.165) is 6.42 Å². The predicted octanol–water partition coefficient (Wildman–Crippen LogP) is 1.68. The Labute approximate surface area is 133 Å². The molecule has 0 bridgehead atoms. The molecule has 0 aliphatic carbocycles. The lowest BCUT2D eigenvalue weighted by atomic mass is 10.1. The maximum absolute atomic E-state index is 12.5. The number of hydrogen-bond acceptors (Lipinski definition) is 4. The molecule has 1 saturated heterocycles. The Balaban J connectivity index is 1.85. The first kappa shape index (κ1) is 15.0. The van der Waals surface area contributed by atoms with Crippen molar-refractivity contribution in [2.75, 3.05) is 19.7 Å². The lowest BCUT2D eigenvalue weighted by Gasteiger charge is -2.14. The van der Waals surface area contributed by atoms with Gasteiger partial charge < -0.3 is 10.0 Å². The van der Waals surface area contributed by atoms with Crippen molar-refractivity contribution in [3.8, 4) is 5.69 Å². The maximum atomic E-state index is 12.5. The quantitative estimate of drug-likeness (QED) is 0.934. The van der Waals surface area contributed by atoms with Crippen LogP contribution < -0.4 is 0 Å². The minimum Gasteiger partial charge on any atom is -0.396 e. The van der Waals surface area contributed by atoms with Gasteiger partial charge in [0.15, 0.2) is 5.69 Å². The summed E-state index contributed by atoms with van der Waals surface area (Å²) in [5, 5.41) is 18.4. The third-order valence-electron chi connectivity index (χ3n) is 3.86. The standard InChI is InChI=1S/C15H17ClN4O2/c1-10-14(15(22)19-6-5-11(8-19)9-21)18-20(17-10)13-4-2-3-12(16)7-13/h2-4,7,11,21H,5-6,8-9H2,1H3. The van der Waals surface area contributed by atoms with Crippen LogP contribution in [-0.4, -0.2) is 50.6 Å². The topological polar surface area (TPSA) is 71.2 Å². The van der Waals surface area contributed by atoms with E-state index >= 15 is 0 Å². The summed E-state index contributed by atoms with van der Waals surface area (Å²) in [6, 6.07) is 7.15. The first-order valence-electron chi connectivity index (χ1n) is 7.18. The van der Waals surface area contributed by atoms with Crippen LogP contribution in [0.3, 0.4) is 0 Å². The molecule has 1 unspecified atom stereocenters. The van der Waals surface area contributed by atoms with Crippen LogP contribution in [0.5, 0.6) is 0 Å². The largest absolute Gasteiger partial charge is 0.396 e. The Bertz CT molecular complexity index is 701. The van der Waals surface area contributed by atoms with E-state index in [9.17, 15) is 9.90 Å². The molecule has 1 N–H and O–H groups in total. The van der Waals surface area contributed by atoms with Crippen LogP contribution in [0.15, 0.2) is 24.3 Å². The van der Waals surface area contributed by atoms with Gasteiger partial charge in [-0.05, 0) is 31.5 Å². The number of aliphatic hydroxyl groups is 1. The summed E-state index contributed by atoms with van der Waals surface area (Å²) in [7, 11) is 0. The first-order chi connectivity index (χ1) is 10.6. The second-order valence-electron chi connectivity index (χ2n) is 5.49. The summed E-state index contributed by atoms with van der Waals surface area (Å²) < 4.78 is 0. The van der Waals surface area contributed by atoms with Crippen LogP contribution in [0.4, 0.5) is 0 Å². The van der Waals surface area contributed by atoms with Gasteiger partial charge >= 0.3 is 0 Å². The Morgan fingerprint density at radius 3 is 2.95 bits per heavy atom. The molecule has 22 heavy (non-hydrogen) atoms. The maximum Gasteiger partial charge on any atom is 0.276 e. The molecule has 6 nitrogen and oxygen atoms in total. The number of carbonyl (C=O) groups excluding carboxylic acids is 1. The van der Waals surface area contributed by atoms with Gasteiger partial charge in [0.05, 0.1) is 11.4 Å². The normalized spacial score (nSPS) is 18.0. The van der Waals surface area contributed by atoms with E-state index in [-0.39, 0.29) is 18.4 Å². The molecule has 1 fully saturated rings. The van der Waals surface area contributed by atoms with Gasteiger partial charge in [0.25, 0.3) is 5.91 Å². The zero-order valence-electron chi connectivity index (χ0n) is 12.2. The molecule has 0 saturated carbocycles. The van der Waals surface area contributed by atoms with Gasteiger partial charge in [0, 0.05) is 30.6 Å². The number of aromatic nitrogens is 3. The van der Waals surface area contributed by atoms with Crippen LogP contribution in [0.25, 0.3) is 5.69 Å². The van der Waals surface area contributed by atoms with E-state index in [1.807, 2.05) is 12.1 Å². The first-order valence-corrected chi connectivity index (χ1v) is 7.56. The number of halogens is 1. The molecule has 1 aromatic carbocycles. The zero-order chi connectivity index (χ0) is 15.7. The number of aryl methyl sites for hydroxylation is 1. The smallest absolute Gasteiger partial charge is 0.276 e. The molecule has 0 radical (unpaired) electrons. The van der Waals surface area contributed by atoms with E-state index in [2.05, 4.69) is 10.2 Å². The Kier molecular flexibility index (Phi) is 4.13. The van der Waals surface area contributed by atoms with E-state index in [4.69, 9.17) is 11.6 Å². The highest BCUT2D eigenvalue weighted by Gasteiger charge is 2.29. The summed E-state index contributed by atoms with van der Waals surface area (Å²) in [5.41, 5.74) is 1.64. The van der Waals surface area contributed by atoms with Gasteiger partial charge in [-0.15, -0.1) is 5.10 Å². The fraction of sp³-hybridized carbons (Fsp3) is 0.400. The van der Waals surface area contributed by atoms with Gasteiger partial charge in [-0.25, -0.2) is 0 Å². The minimum absolute atomic E-state index is 0.109. The number of amides is 1. The lowest BCUT2D eigenvalue weighted by Crippen LogP contribution is -2.30. The molecule has 2 heterocycles. The second kappa shape index (κ2) is 6.06. The van der Waals surface area contributed by atoms with E-state index in [1.54, 1.807) is 24.0 Å². The van der Waals surface area contributed by atoms with Crippen molar-refractivity contribution < 1.29 is 9.90 Å². The van der Waals surface area contributed by atoms with Crippen LogP contribution in [0.2, 0.25) is 5.02 Å². The van der Waals surface area contributed by atoms with Crippen LogP contribution >= 0.6 is 11.6 Å². The van der Waals surface area contributed by atoms with Crippen LogP contribution in [-0.2, 0) is 0 Å². The van der Waals surface area contributed by atoms with Gasteiger partial charge in [-0.2, -0.15) is 9.90 Å². The predicted molar refractivity (Wildman–Crippen MR) is 82.2 cm³/mol. The van der Waals surface area contributed by atoms with Crippen molar-refractivity contribution in [3.63, 3.8) is 0 Å². The van der Waals surface area contributed by atoms with Crippen molar-refractivity contribution in [3.05, 3.63) is 40.7 Å². The summed E-state index contributed by atoms with van der Waals surface area (Å²) >= 11 is 5.97. The van der Waals surface area contributed by atoms with Crippen molar-refractivity contribution in [1.29, 1.82) is 0 Å². The number of benzene rings is 1. The van der Waals surface area contributed by atoms with Gasteiger partial charge in [0.1, 0.15) is 0 Å². The Morgan fingerprint density at radius 2 is 2.27 bits per heavy atom. The Hall–Kier alpha value is -1.92. The van der Waals surface area contributed by atoms with Crippen LogP contribution in [0.1, 0.15) is 22.6 Å². The zero-order valence-corrected chi connectivity index (χ0v) is 13.0. The number of likely N-dealkylation sites (tertiary alicyclic amines) is 1. The van der Waals surface area contributed by atoms with E-state index in [0.29, 0.717) is 35.2 Å². The third-order valence-corrected chi connectivity index (χ3v) is 4.09. The van der Waals surface area contributed by atoms with Gasteiger partial charge in [-0.3, -0.25) is 4.79 Å². The summed E-state index contributed by atoms with van der Waals surface area (Å²) in [5.74, 6) is 0.0222.